The first-order chi connectivity index (χ1) is 17.5. The molecule has 5 rings (SSSR count). The zero-order chi connectivity index (χ0) is 24.9. The minimum atomic E-state index is -0.467. The van der Waals surface area contributed by atoms with Crippen LogP contribution in [0.1, 0.15) is 21.5 Å². The highest BCUT2D eigenvalue weighted by atomic mass is 16.6. The minimum Gasteiger partial charge on any atom is -0.457 e. The molecule has 0 fully saturated rings. The normalized spacial score (nSPS) is 10.8. The van der Waals surface area contributed by atoms with Gasteiger partial charge in [-0.2, -0.15) is 0 Å². The number of carbonyl (C=O) groups excluding carboxylic acids is 1. The quantitative estimate of drug-likeness (QED) is 0.163. The van der Waals surface area contributed by atoms with Crippen LogP contribution in [0.25, 0.3) is 11.0 Å². The molecular formula is C27H20N4O5. The number of rotatable bonds is 8. The van der Waals surface area contributed by atoms with Crippen LogP contribution < -0.4 is 4.74 Å². The highest BCUT2D eigenvalue weighted by molar-refractivity contribution is 5.89. The van der Waals surface area contributed by atoms with Crippen molar-refractivity contribution in [3.63, 3.8) is 0 Å². The van der Waals surface area contributed by atoms with Crippen molar-refractivity contribution in [3.8, 4) is 11.5 Å². The van der Waals surface area contributed by atoms with Gasteiger partial charge in [-0.05, 0) is 59.7 Å². The average Bonchev–Trinajstić information content (AvgIpc) is 3.31. The predicted octanol–water partition coefficient (Wildman–Crippen LogP) is 5.54. The van der Waals surface area contributed by atoms with Crippen molar-refractivity contribution in [3.05, 3.63) is 124 Å². The number of carbonyl (C=O) groups is 1. The zero-order valence-corrected chi connectivity index (χ0v) is 19.0. The highest BCUT2D eigenvalue weighted by Gasteiger charge is 2.10. The molecule has 1 aromatic heterocycles. The summed E-state index contributed by atoms with van der Waals surface area (Å²) in [7, 11) is 0. The van der Waals surface area contributed by atoms with Gasteiger partial charge in [0, 0.05) is 12.1 Å². The summed E-state index contributed by atoms with van der Waals surface area (Å²) in [5.41, 5.74) is 3.94. The van der Waals surface area contributed by atoms with Crippen molar-refractivity contribution in [1.29, 1.82) is 0 Å². The first kappa shape index (κ1) is 22.7. The number of aromatic nitrogens is 3. The summed E-state index contributed by atoms with van der Waals surface area (Å²) in [6.07, 6.45) is 0. The van der Waals surface area contributed by atoms with Crippen molar-refractivity contribution < 1.29 is 19.2 Å². The second kappa shape index (κ2) is 10.1. The summed E-state index contributed by atoms with van der Waals surface area (Å²) >= 11 is 0. The van der Waals surface area contributed by atoms with Crippen LogP contribution in [0.3, 0.4) is 0 Å². The van der Waals surface area contributed by atoms with Crippen LogP contribution in [0.15, 0.2) is 97.1 Å². The molecule has 0 atom stereocenters. The van der Waals surface area contributed by atoms with Gasteiger partial charge in [-0.3, -0.25) is 10.1 Å². The van der Waals surface area contributed by atoms with Gasteiger partial charge in [-0.1, -0.05) is 41.6 Å². The number of para-hydroxylation sites is 1. The number of nitro groups is 1. The van der Waals surface area contributed by atoms with E-state index in [-0.39, 0.29) is 12.3 Å². The van der Waals surface area contributed by atoms with Crippen LogP contribution in [0.4, 0.5) is 5.69 Å². The predicted molar refractivity (Wildman–Crippen MR) is 132 cm³/mol. The number of non-ortho nitro benzene ring substituents is 1. The molecule has 0 bridgehead atoms. The van der Waals surface area contributed by atoms with E-state index in [1.165, 1.54) is 24.3 Å². The summed E-state index contributed by atoms with van der Waals surface area (Å²) < 4.78 is 13.0. The van der Waals surface area contributed by atoms with E-state index >= 15 is 0 Å². The van der Waals surface area contributed by atoms with Gasteiger partial charge in [0.15, 0.2) is 0 Å². The van der Waals surface area contributed by atoms with Crippen LogP contribution in [0.2, 0.25) is 0 Å². The number of nitro benzene ring substituents is 1. The topological polar surface area (TPSA) is 109 Å². The smallest absolute Gasteiger partial charge is 0.338 e. The van der Waals surface area contributed by atoms with E-state index in [2.05, 4.69) is 10.3 Å². The molecule has 0 aliphatic carbocycles. The van der Waals surface area contributed by atoms with Gasteiger partial charge in [0.05, 0.1) is 22.5 Å². The molecule has 36 heavy (non-hydrogen) atoms. The van der Waals surface area contributed by atoms with Gasteiger partial charge in [0.1, 0.15) is 23.6 Å². The maximum atomic E-state index is 12.5. The van der Waals surface area contributed by atoms with Crippen molar-refractivity contribution in [2.24, 2.45) is 0 Å². The second-order valence-electron chi connectivity index (χ2n) is 8.01. The third-order valence-corrected chi connectivity index (χ3v) is 5.49. The lowest BCUT2D eigenvalue weighted by Gasteiger charge is -2.09. The number of ether oxygens (including phenoxy) is 2. The number of hydrogen-bond acceptors (Lipinski definition) is 7. The fourth-order valence-corrected chi connectivity index (χ4v) is 3.66. The Kier molecular flexibility index (Phi) is 6.35. The molecule has 0 unspecified atom stereocenters. The van der Waals surface area contributed by atoms with Crippen LogP contribution in [-0.4, -0.2) is 25.9 Å². The molecule has 4 aromatic carbocycles. The zero-order valence-electron chi connectivity index (χ0n) is 19.0. The lowest BCUT2D eigenvalue weighted by molar-refractivity contribution is -0.384. The summed E-state index contributed by atoms with van der Waals surface area (Å²) in [6.45, 7) is 0.611. The Bertz CT molecular complexity index is 1530. The SMILES string of the molecule is O=C(OCc1cccc(Oc2ccc([N+](=O)[O-])cc2)c1)c1ccc(Cn2nnc3ccccc32)cc1. The van der Waals surface area contributed by atoms with Gasteiger partial charge in [-0.25, -0.2) is 9.48 Å². The van der Waals surface area contributed by atoms with E-state index in [1.54, 1.807) is 30.3 Å². The van der Waals surface area contributed by atoms with Crippen LogP contribution in [-0.2, 0) is 17.9 Å². The molecule has 0 aliphatic rings. The third-order valence-electron chi connectivity index (χ3n) is 5.49. The van der Waals surface area contributed by atoms with Gasteiger partial charge in [0.2, 0.25) is 0 Å². The maximum Gasteiger partial charge on any atom is 0.338 e. The lowest BCUT2D eigenvalue weighted by Crippen LogP contribution is -2.06. The molecule has 9 heteroatoms. The minimum absolute atomic E-state index is 0.0112. The van der Waals surface area contributed by atoms with Crippen molar-refractivity contribution >= 4 is 22.7 Å². The molecule has 0 saturated heterocycles. The third kappa shape index (κ3) is 5.20. The Balaban J connectivity index is 1.18. The Morgan fingerprint density at radius 3 is 2.42 bits per heavy atom. The molecule has 0 amide bonds. The molecule has 5 aromatic rings. The Hall–Kier alpha value is -5.05. The van der Waals surface area contributed by atoms with E-state index in [0.717, 1.165) is 22.2 Å². The number of fused-ring (bicyclic) bond motifs is 1. The molecule has 9 nitrogen and oxygen atoms in total. The molecule has 0 aliphatic heterocycles. The van der Waals surface area contributed by atoms with Crippen LogP contribution in [0, 0.1) is 10.1 Å². The lowest BCUT2D eigenvalue weighted by atomic mass is 10.1. The van der Waals surface area contributed by atoms with Gasteiger partial charge >= 0.3 is 5.97 Å². The highest BCUT2D eigenvalue weighted by Crippen LogP contribution is 2.25. The second-order valence-corrected chi connectivity index (χ2v) is 8.01. The van der Waals surface area contributed by atoms with Crippen molar-refractivity contribution in [2.45, 2.75) is 13.2 Å². The van der Waals surface area contributed by atoms with Gasteiger partial charge in [0.25, 0.3) is 5.69 Å². The molecule has 0 N–H and O–H groups in total. The van der Waals surface area contributed by atoms with E-state index in [1.807, 2.05) is 47.1 Å². The van der Waals surface area contributed by atoms with Crippen molar-refractivity contribution in [1.82, 2.24) is 15.0 Å². The molecule has 0 spiro atoms. The van der Waals surface area contributed by atoms with Crippen LogP contribution in [0.5, 0.6) is 11.5 Å². The molecule has 0 radical (unpaired) electrons. The molecule has 1 heterocycles. The number of hydrogen-bond donors (Lipinski definition) is 0. The summed E-state index contributed by atoms with van der Waals surface area (Å²) in [4.78, 5) is 22.9. The monoisotopic (exact) mass is 480 g/mol. The summed E-state index contributed by atoms with van der Waals surface area (Å²) in [6, 6.07) is 27.8. The van der Waals surface area contributed by atoms with E-state index < -0.39 is 10.9 Å². The van der Waals surface area contributed by atoms with Gasteiger partial charge < -0.3 is 9.47 Å². The Morgan fingerprint density at radius 2 is 1.64 bits per heavy atom. The first-order valence-electron chi connectivity index (χ1n) is 11.1. The molecular weight excluding hydrogens is 460 g/mol. The number of esters is 1. The van der Waals surface area contributed by atoms with Crippen molar-refractivity contribution in [2.75, 3.05) is 0 Å². The number of benzene rings is 4. The largest absolute Gasteiger partial charge is 0.457 e. The Labute approximate surface area is 205 Å². The maximum absolute atomic E-state index is 12.5. The summed E-state index contributed by atoms with van der Waals surface area (Å²) in [5, 5.41) is 19.1. The van der Waals surface area contributed by atoms with E-state index in [9.17, 15) is 14.9 Å². The standard InChI is InChI=1S/C27H20N4O5/c32-27(21-10-8-19(9-11-21)17-30-26-7-2-1-6-25(26)28-29-30)35-18-20-4-3-5-24(16-20)36-23-14-12-22(13-15-23)31(33)34/h1-16H,17-18H2. The Morgan fingerprint density at radius 1 is 0.861 bits per heavy atom. The molecule has 0 saturated carbocycles. The summed E-state index contributed by atoms with van der Waals surface area (Å²) in [5.74, 6) is 0.561. The fourth-order valence-electron chi connectivity index (χ4n) is 3.66. The first-order valence-corrected chi connectivity index (χ1v) is 11.1. The van der Waals surface area contributed by atoms with E-state index in [0.29, 0.717) is 23.6 Å². The fraction of sp³-hybridized carbons (Fsp3) is 0.0741. The van der Waals surface area contributed by atoms with Gasteiger partial charge in [-0.15, -0.1) is 5.10 Å². The molecule has 178 valence electrons. The average molecular weight is 480 g/mol. The number of nitrogens with zero attached hydrogens (tertiary/aromatic N) is 4. The van der Waals surface area contributed by atoms with Crippen LogP contribution >= 0.6 is 0 Å². The van der Waals surface area contributed by atoms with E-state index in [4.69, 9.17) is 9.47 Å².